The Labute approximate surface area is 138 Å². The molecule has 0 saturated heterocycles. The zero-order chi connectivity index (χ0) is 17.9. The van der Waals surface area contributed by atoms with E-state index in [1.807, 2.05) is 0 Å². The first-order chi connectivity index (χ1) is 11.2. The number of carbonyl (C=O) groups is 2. The minimum absolute atomic E-state index is 0.0147. The molecule has 0 saturated carbocycles. The van der Waals surface area contributed by atoms with Gasteiger partial charge in [-0.15, -0.1) is 13.2 Å². The van der Waals surface area contributed by atoms with Crippen molar-refractivity contribution >= 4 is 29.2 Å². The van der Waals surface area contributed by atoms with Crippen LogP contribution in [-0.2, 0) is 0 Å². The van der Waals surface area contributed by atoms with Gasteiger partial charge in [0.15, 0.2) is 0 Å². The van der Waals surface area contributed by atoms with Crippen LogP contribution in [0, 0.1) is 0 Å². The van der Waals surface area contributed by atoms with E-state index in [0.717, 1.165) is 24.3 Å². The van der Waals surface area contributed by atoms with Gasteiger partial charge >= 0.3 is 12.3 Å². The second-order valence-electron chi connectivity index (χ2n) is 4.52. The molecule has 9 heteroatoms. The van der Waals surface area contributed by atoms with Crippen LogP contribution < -0.4 is 10.1 Å². The number of alkyl halides is 3. The Morgan fingerprint density at radius 1 is 1.08 bits per heavy atom. The molecule has 0 heterocycles. The highest BCUT2D eigenvalue weighted by molar-refractivity contribution is 6.31. The van der Waals surface area contributed by atoms with Crippen molar-refractivity contribution in [3.05, 3.63) is 58.6 Å². The second kappa shape index (κ2) is 6.79. The first-order valence-corrected chi connectivity index (χ1v) is 6.73. The summed E-state index contributed by atoms with van der Waals surface area (Å²) in [7, 11) is 0. The number of nitrogens with one attached hydrogen (secondary N) is 1. The van der Waals surface area contributed by atoms with Crippen LogP contribution >= 0.6 is 11.6 Å². The lowest BCUT2D eigenvalue weighted by atomic mass is 10.1. The fraction of sp³-hybridized carbons (Fsp3) is 0.0667. The summed E-state index contributed by atoms with van der Waals surface area (Å²) in [5.41, 5.74) is -0.193. The molecule has 2 N–H and O–H groups in total. The molecule has 1 amide bonds. The van der Waals surface area contributed by atoms with Gasteiger partial charge < -0.3 is 15.2 Å². The van der Waals surface area contributed by atoms with Gasteiger partial charge in [0.25, 0.3) is 5.91 Å². The number of halogens is 4. The fourth-order valence-corrected chi connectivity index (χ4v) is 1.98. The van der Waals surface area contributed by atoms with Crippen LogP contribution in [0.3, 0.4) is 0 Å². The molecule has 5 nitrogen and oxygen atoms in total. The van der Waals surface area contributed by atoms with E-state index >= 15 is 0 Å². The SMILES string of the molecule is O=C(Nc1cc(Cl)ccc1C(=O)O)c1ccc(OC(F)(F)F)cc1. The van der Waals surface area contributed by atoms with E-state index in [-0.39, 0.29) is 21.8 Å². The number of benzene rings is 2. The Kier molecular flexibility index (Phi) is 4.99. The van der Waals surface area contributed by atoms with Crippen molar-refractivity contribution < 1.29 is 32.6 Å². The van der Waals surface area contributed by atoms with Gasteiger partial charge in [0.1, 0.15) is 5.75 Å². The van der Waals surface area contributed by atoms with Crippen LogP contribution in [-0.4, -0.2) is 23.3 Å². The van der Waals surface area contributed by atoms with Gasteiger partial charge in [-0.05, 0) is 42.5 Å². The molecule has 2 aromatic carbocycles. The lowest BCUT2D eigenvalue weighted by Crippen LogP contribution is -2.17. The van der Waals surface area contributed by atoms with Crippen LogP contribution in [0.4, 0.5) is 18.9 Å². The van der Waals surface area contributed by atoms with Crippen LogP contribution in [0.1, 0.15) is 20.7 Å². The molecule has 0 unspecified atom stereocenters. The van der Waals surface area contributed by atoms with Gasteiger partial charge in [-0.2, -0.15) is 0 Å². The Morgan fingerprint density at radius 2 is 1.71 bits per heavy atom. The number of aromatic carboxylic acids is 1. The molecule has 126 valence electrons. The number of hydrogen-bond acceptors (Lipinski definition) is 3. The van der Waals surface area contributed by atoms with Crippen LogP contribution in [0.25, 0.3) is 0 Å². The topological polar surface area (TPSA) is 75.6 Å². The molecular weight excluding hydrogens is 351 g/mol. The highest BCUT2D eigenvalue weighted by Gasteiger charge is 2.31. The monoisotopic (exact) mass is 359 g/mol. The largest absolute Gasteiger partial charge is 0.573 e. The van der Waals surface area contributed by atoms with Crippen LogP contribution in [0.5, 0.6) is 5.75 Å². The summed E-state index contributed by atoms with van der Waals surface area (Å²) < 4.78 is 39.9. The number of carboxylic acids is 1. The number of ether oxygens (including phenoxy) is 1. The Morgan fingerprint density at radius 3 is 2.25 bits per heavy atom. The van der Waals surface area contributed by atoms with Crippen molar-refractivity contribution in [1.29, 1.82) is 0 Å². The number of rotatable bonds is 4. The van der Waals surface area contributed by atoms with Crippen molar-refractivity contribution in [3.63, 3.8) is 0 Å². The van der Waals surface area contributed by atoms with Gasteiger partial charge in [0, 0.05) is 10.6 Å². The van der Waals surface area contributed by atoms with Crippen molar-refractivity contribution in [2.24, 2.45) is 0 Å². The molecule has 0 aliphatic carbocycles. The summed E-state index contributed by atoms with van der Waals surface area (Å²) in [6, 6.07) is 7.99. The number of anilines is 1. The first kappa shape index (κ1) is 17.6. The molecule has 0 fully saturated rings. The number of hydrogen-bond donors (Lipinski definition) is 2. The number of amides is 1. The highest BCUT2D eigenvalue weighted by atomic mass is 35.5. The first-order valence-electron chi connectivity index (χ1n) is 6.36. The van der Waals surface area contributed by atoms with Crippen molar-refractivity contribution in [2.75, 3.05) is 5.32 Å². The molecular formula is C15H9ClF3NO4. The molecule has 2 rings (SSSR count). The number of carbonyl (C=O) groups excluding carboxylic acids is 1. The summed E-state index contributed by atoms with van der Waals surface area (Å²) in [5.74, 6) is -2.46. The lowest BCUT2D eigenvalue weighted by molar-refractivity contribution is -0.274. The van der Waals surface area contributed by atoms with Gasteiger partial charge in [-0.3, -0.25) is 4.79 Å². The van der Waals surface area contributed by atoms with Gasteiger partial charge in [0.2, 0.25) is 0 Å². The van der Waals surface area contributed by atoms with E-state index in [0.29, 0.717) is 0 Å². The second-order valence-corrected chi connectivity index (χ2v) is 4.96. The smallest absolute Gasteiger partial charge is 0.478 e. The molecule has 0 aromatic heterocycles. The molecule has 0 spiro atoms. The standard InChI is InChI=1S/C15H9ClF3NO4/c16-9-3-6-11(14(22)23)12(7-9)20-13(21)8-1-4-10(5-2-8)24-15(17,18)19/h1-7H,(H,20,21)(H,22,23). The van der Waals surface area contributed by atoms with E-state index < -0.39 is 24.0 Å². The number of carboxylic acid groups (broad SMARTS) is 1. The molecule has 0 aliphatic heterocycles. The third-order valence-electron chi connectivity index (χ3n) is 2.81. The van der Waals surface area contributed by atoms with Gasteiger partial charge in [0.05, 0.1) is 11.3 Å². The summed E-state index contributed by atoms with van der Waals surface area (Å²) in [5, 5.41) is 11.6. The Hall–Kier alpha value is -2.74. The van der Waals surface area contributed by atoms with Crippen LogP contribution in [0.15, 0.2) is 42.5 Å². The van der Waals surface area contributed by atoms with E-state index in [1.54, 1.807) is 0 Å². The van der Waals surface area contributed by atoms with E-state index in [9.17, 15) is 22.8 Å². The molecule has 24 heavy (non-hydrogen) atoms. The Bertz CT molecular complexity index is 775. The van der Waals surface area contributed by atoms with Gasteiger partial charge in [-0.1, -0.05) is 11.6 Å². The minimum Gasteiger partial charge on any atom is -0.478 e. The average Bonchev–Trinajstić information content (AvgIpc) is 2.46. The predicted octanol–water partition coefficient (Wildman–Crippen LogP) is 4.19. The third-order valence-corrected chi connectivity index (χ3v) is 3.05. The average molecular weight is 360 g/mol. The van der Waals surface area contributed by atoms with Gasteiger partial charge in [-0.25, -0.2) is 4.79 Å². The fourth-order valence-electron chi connectivity index (χ4n) is 1.81. The summed E-state index contributed by atoms with van der Waals surface area (Å²) in [6.45, 7) is 0. The highest BCUT2D eigenvalue weighted by Crippen LogP contribution is 2.24. The lowest BCUT2D eigenvalue weighted by Gasteiger charge is -2.11. The minimum atomic E-state index is -4.83. The summed E-state index contributed by atoms with van der Waals surface area (Å²) in [4.78, 5) is 23.2. The quantitative estimate of drug-likeness (QED) is 0.858. The third kappa shape index (κ3) is 4.63. The van der Waals surface area contributed by atoms with Crippen LogP contribution in [0.2, 0.25) is 5.02 Å². The Balaban J connectivity index is 2.19. The van der Waals surface area contributed by atoms with E-state index in [1.165, 1.54) is 18.2 Å². The van der Waals surface area contributed by atoms with Crippen molar-refractivity contribution in [3.8, 4) is 5.75 Å². The maximum atomic E-state index is 12.1. The zero-order valence-electron chi connectivity index (χ0n) is 11.7. The van der Waals surface area contributed by atoms with Crippen molar-refractivity contribution in [1.82, 2.24) is 0 Å². The maximum absolute atomic E-state index is 12.1. The zero-order valence-corrected chi connectivity index (χ0v) is 12.5. The maximum Gasteiger partial charge on any atom is 0.573 e. The molecule has 0 radical (unpaired) electrons. The molecule has 2 aromatic rings. The predicted molar refractivity (Wildman–Crippen MR) is 79.5 cm³/mol. The summed E-state index contributed by atoms with van der Waals surface area (Å²) in [6.07, 6.45) is -4.83. The van der Waals surface area contributed by atoms with E-state index in [4.69, 9.17) is 16.7 Å². The molecule has 0 atom stereocenters. The molecule has 0 bridgehead atoms. The summed E-state index contributed by atoms with van der Waals surface area (Å²) >= 11 is 5.77. The normalized spacial score (nSPS) is 11.0. The van der Waals surface area contributed by atoms with E-state index in [2.05, 4.69) is 10.1 Å². The molecule has 0 aliphatic rings. The van der Waals surface area contributed by atoms with Crippen molar-refractivity contribution in [2.45, 2.75) is 6.36 Å².